The fraction of sp³-hybridized carbons (Fsp3) is 0.211. The summed E-state index contributed by atoms with van der Waals surface area (Å²) >= 11 is 0. The number of nitrogens with one attached hydrogen (secondary N) is 1. The molecule has 30 heavy (non-hydrogen) atoms. The molecule has 0 aromatic heterocycles. The highest BCUT2D eigenvalue weighted by Gasteiger charge is 2.31. The van der Waals surface area contributed by atoms with Gasteiger partial charge in [0.25, 0.3) is 0 Å². The van der Waals surface area contributed by atoms with Crippen molar-refractivity contribution >= 4 is 18.1 Å². The molecule has 11 heteroatoms. The number of aliphatic imine (C=N–C) groups is 2. The van der Waals surface area contributed by atoms with Gasteiger partial charge in [-0.2, -0.15) is 0 Å². The Kier molecular flexibility index (Phi) is 7.56. The predicted octanol–water partition coefficient (Wildman–Crippen LogP) is 5.04. The summed E-state index contributed by atoms with van der Waals surface area (Å²) in [5.74, 6) is -0.695. The van der Waals surface area contributed by atoms with Gasteiger partial charge in [-0.05, 0) is 59.7 Å². The Bertz CT molecular complexity index is 815. The molecule has 0 fully saturated rings. The van der Waals surface area contributed by atoms with Crippen LogP contribution in [0.25, 0.3) is 0 Å². The van der Waals surface area contributed by atoms with E-state index in [1.54, 1.807) is 0 Å². The van der Waals surface area contributed by atoms with Crippen LogP contribution in [0.3, 0.4) is 0 Å². The summed E-state index contributed by atoms with van der Waals surface area (Å²) in [5, 5.41) is 7.77. The lowest BCUT2D eigenvalue weighted by molar-refractivity contribution is -0.275. The molecular weight excluding hydrogens is 416 g/mol. The van der Waals surface area contributed by atoms with Crippen molar-refractivity contribution in [3.8, 4) is 11.5 Å². The molecule has 0 saturated carbocycles. The molecule has 0 bridgehead atoms. The van der Waals surface area contributed by atoms with E-state index in [1.807, 2.05) is 0 Å². The SMILES string of the molecule is N=C(CN=Cc1ccc(OC(F)(F)F)cc1)CN=Cc1ccc(OC(F)(F)F)cc1. The van der Waals surface area contributed by atoms with Crippen LogP contribution in [-0.4, -0.2) is 44.0 Å². The van der Waals surface area contributed by atoms with Gasteiger partial charge in [-0.15, -0.1) is 26.3 Å². The van der Waals surface area contributed by atoms with E-state index in [4.69, 9.17) is 5.41 Å². The quantitative estimate of drug-likeness (QED) is 0.470. The highest BCUT2D eigenvalue weighted by atomic mass is 19.4. The summed E-state index contributed by atoms with van der Waals surface area (Å²) in [6, 6.07) is 10.1. The largest absolute Gasteiger partial charge is 0.573 e. The van der Waals surface area contributed by atoms with Crippen LogP contribution in [-0.2, 0) is 0 Å². The molecule has 160 valence electrons. The van der Waals surface area contributed by atoms with E-state index in [1.165, 1.54) is 36.7 Å². The van der Waals surface area contributed by atoms with Gasteiger partial charge in [-0.1, -0.05) is 0 Å². The molecule has 0 aliphatic heterocycles. The summed E-state index contributed by atoms with van der Waals surface area (Å²) in [7, 11) is 0. The van der Waals surface area contributed by atoms with Gasteiger partial charge in [0.15, 0.2) is 0 Å². The second-order valence-corrected chi connectivity index (χ2v) is 5.78. The molecule has 5 nitrogen and oxygen atoms in total. The number of ether oxygens (including phenoxy) is 2. The maximum atomic E-state index is 12.1. The average Bonchev–Trinajstić information content (AvgIpc) is 2.62. The summed E-state index contributed by atoms with van der Waals surface area (Å²) in [6.07, 6.45) is -6.72. The number of nitrogens with zero attached hydrogens (tertiary/aromatic N) is 2. The van der Waals surface area contributed by atoms with Gasteiger partial charge in [0.1, 0.15) is 11.5 Å². The first-order valence-corrected chi connectivity index (χ1v) is 8.28. The molecule has 0 radical (unpaired) electrons. The third-order valence-corrected chi connectivity index (χ3v) is 3.27. The van der Waals surface area contributed by atoms with Gasteiger partial charge >= 0.3 is 12.7 Å². The molecule has 0 aliphatic carbocycles. The normalized spacial score (nSPS) is 12.5. The summed E-state index contributed by atoms with van der Waals surface area (Å²) in [5.41, 5.74) is 1.22. The molecular formula is C19H15F6N3O2. The Morgan fingerprint density at radius 1 is 0.700 bits per heavy atom. The molecule has 0 heterocycles. The first kappa shape index (κ1) is 22.9. The zero-order valence-corrected chi connectivity index (χ0v) is 15.2. The second kappa shape index (κ2) is 9.90. The highest BCUT2D eigenvalue weighted by Crippen LogP contribution is 2.23. The molecule has 2 aromatic rings. The van der Waals surface area contributed by atoms with Crippen LogP contribution in [0.1, 0.15) is 11.1 Å². The summed E-state index contributed by atoms with van der Waals surface area (Å²) in [6.45, 7) is 0.0486. The van der Waals surface area contributed by atoms with Crippen molar-refractivity contribution in [3.05, 3.63) is 59.7 Å². The molecule has 0 saturated heterocycles. The minimum Gasteiger partial charge on any atom is -0.406 e. The maximum Gasteiger partial charge on any atom is 0.573 e. The number of hydrogen-bond donors (Lipinski definition) is 1. The van der Waals surface area contributed by atoms with Crippen molar-refractivity contribution < 1.29 is 35.8 Å². The average molecular weight is 431 g/mol. The van der Waals surface area contributed by atoms with Crippen molar-refractivity contribution in [2.45, 2.75) is 12.7 Å². The van der Waals surface area contributed by atoms with Crippen LogP contribution >= 0.6 is 0 Å². The van der Waals surface area contributed by atoms with Crippen molar-refractivity contribution in [2.75, 3.05) is 13.1 Å². The lowest BCUT2D eigenvalue weighted by Gasteiger charge is -2.08. The van der Waals surface area contributed by atoms with Crippen LogP contribution in [0.2, 0.25) is 0 Å². The van der Waals surface area contributed by atoms with E-state index >= 15 is 0 Å². The minimum absolute atomic E-state index is 0.0243. The van der Waals surface area contributed by atoms with Gasteiger partial charge in [-0.25, -0.2) is 0 Å². The molecule has 0 amide bonds. The third-order valence-electron chi connectivity index (χ3n) is 3.27. The molecule has 0 aliphatic rings. The van der Waals surface area contributed by atoms with Gasteiger partial charge in [0, 0.05) is 12.4 Å². The maximum absolute atomic E-state index is 12.1. The molecule has 1 N–H and O–H groups in total. The standard InChI is InChI=1S/C19H15F6N3O2/c20-18(21,22)29-16-5-1-13(2-6-16)9-27-11-15(26)12-28-10-14-3-7-17(8-4-14)30-19(23,24)25/h1-10,26H,11-12H2. The third kappa shape index (κ3) is 9.22. The van der Waals surface area contributed by atoms with Crippen LogP contribution in [0.5, 0.6) is 11.5 Å². The lowest BCUT2D eigenvalue weighted by atomic mass is 10.2. The summed E-state index contributed by atoms with van der Waals surface area (Å²) < 4.78 is 80.1. The smallest absolute Gasteiger partial charge is 0.406 e. The predicted molar refractivity (Wildman–Crippen MR) is 98.9 cm³/mol. The minimum atomic E-state index is -4.76. The van der Waals surface area contributed by atoms with Crippen molar-refractivity contribution in [1.82, 2.24) is 0 Å². The van der Waals surface area contributed by atoms with E-state index < -0.39 is 12.7 Å². The lowest BCUT2D eigenvalue weighted by Crippen LogP contribution is -2.17. The molecule has 2 aromatic carbocycles. The van der Waals surface area contributed by atoms with E-state index in [9.17, 15) is 26.3 Å². The highest BCUT2D eigenvalue weighted by molar-refractivity contribution is 5.90. The van der Waals surface area contributed by atoms with Crippen LogP contribution in [0.4, 0.5) is 26.3 Å². The summed E-state index contributed by atoms with van der Waals surface area (Å²) in [4.78, 5) is 8.02. The number of rotatable bonds is 8. The van der Waals surface area contributed by atoms with Crippen molar-refractivity contribution in [1.29, 1.82) is 5.41 Å². The van der Waals surface area contributed by atoms with Gasteiger partial charge in [0.05, 0.1) is 18.8 Å². The zero-order chi connectivity index (χ0) is 22.2. The molecule has 0 spiro atoms. The van der Waals surface area contributed by atoms with Crippen molar-refractivity contribution in [3.63, 3.8) is 0 Å². The monoisotopic (exact) mass is 431 g/mol. The Morgan fingerprint density at radius 2 is 1.03 bits per heavy atom. The first-order chi connectivity index (χ1) is 14.0. The first-order valence-electron chi connectivity index (χ1n) is 8.28. The topological polar surface area (TPSA) is 67.0 Å². The van der Waals surface area contributed by atoms with Crippen LogP contribution < -0.4 is 9.47 Å². The number of halogens is 6. The Balaban J connectivity index is 1.78. The fourth-order valence-corrected chi connectivity index (χ4v) is 2.08. The number of benzene rings is 2. The molecule has 0 atom stereocenters. The van der Waals surface area contributed by atoms with Gasteiger partial charge in [-0.3, -0.25) is 9.98 Å². The Morgan fingerprint density at radius 3 is 1.33 bits per heavy atom. The van der Waals surface area contributed by atoms with E-state index in [-0.39, 0.29) is 30.3 Å². The number of hydrogen-bond acceptors (Lipinski definition) is 5. The van der Waals surface area contributed by atoms with Crippen LogP contribution in [0.15, 0.2) is 58.5 Å². The second-order valence-electron chi connectivity index (χ2n) is 5.78. The van der Waals surface area contributed by atoms with Gasteiger partial charge in [0.2, 0.25) is 0 Å². The Labute approximate surface area is 167 Å². The molecule has 2 rings (SSSR count). The van der Waals surface area contributed by atoms with Crippen molar-refractivity contribution in [2.24, 2.45) is 9.98 Å². The number of alkyl halides is 6. The van der Waals surface area contributed by atoms with E-state index in [0.29, 0.717) is 11.1 Å². The van der Waals surface area contributed by atoms with E-state index in [0.717, 1.165) is 24.3 Å². The molecule has 0 unspecified atom stereocenters. The fourth-order valence-electron chi connectivity index (χ4n) is 2.08. The zero-order valence-electron chi connectivity index (χ0n) is 15.2. The van der Waals surface area contributed by atoms with Crippen LogP contribution in [0, 0.1) is 5.41 Å². The Hall–Kier alpha value is -3.37. The van der Waals surface area contributed by atoms with Gasteiger partial charge < -0.3 is 14.9 Å². The van der Waals surface area contributed by atoms with E-state index in [2.05, 4.69) is 19.5 Å².